The van der Waals surface area contributed by atoms with Crippen molar-refractivity contribution in [3.63, 3.8) is 0 Å². The van der Waals surface area contributed by atoms with Crippen LogP contribution in [0.1, 0.15) is 55.5 Å². The van der Waals surface area contributed by atoms with Gasteiger partial charge < -0.3 is 10.3 Å². The van der Waals surface area contributed by atoms with Crippen molar-refractivity contribution < 1.29 is 4.52 Å². The number of hydrogen-bond acceptors (Lipinski definition) is 5. The molecule has 1 saturated heterocycles. The Labute approximate surface area is 106 Å². The fourth-order valence-electron chi connectivity index (χ4n) is 2.52. The standard InChI is InChI=1S/C12H19N3OS/c13-12(5-3-6-12)8-10-14-11(15-16-10)9-4-1-2-7-17-9/h9H,1-8,13H2. The first kappa shape index (κ1) is 11.5. The molecule has 94 valence electrons. The van der Waals surface area contributed by atoms with Crippen LogP contribution in [-0.2, 0) is 6.42 Å². The Morgan fingerprint density at radius 2 is 2.24 bits per heavy atom. The van der Waals surface area contributed by atoms with Gasteiger partial charge in [0.1, 0.15) is 0 Å². The van der Waals surface area contributed by atoms with Crippen LogP contribution in [-0.4, -0.2) is 21.4 Å². The summed E-state index contributed by atoms with van der Waals surface area (Å²) in [6.07, 6.45) is 7.93. The van der Waals surface area contributed by atoms with Gasteiger partial charge in [-0.3, -0.25) is 0 Å². The van der Waals surface area contributed by atoms with E-state index in [0.29, 0.717) is 5.25 Å². The number of nitrogens with zero attached hydrogens (tertiary/aromatic N) is 2. The summed E-state index contributed by atoms with van der Waals surface area (Å²) in [5.74, 6) is 2.83. The van der Waals surface area contributed by atoms with Crippen molar-refractivity contribution in [3.8, 4) is 0 Å². The van der Waals surface area contributed by atoms with Gasteiger partial charge >= 0.3 is 0 Å². The van der Waals surface area contributed by atoms with E-state index in [1.54, 1.807) is 0 Å². The molecular formula is C12H19N3OS. The Bertz CT molecular complexity index is 383. The minimum absolute atomic E-state index is 0.0660. The van der Waals surface area contributed by atoms with E-state index in [0.717, 1.165) is 31.0 Å². The monoisotopic (exact) mass is 253 g/mol. The van der Waals surface area contributed by atoms with Crippen LogP contribution in [0, 0.1) is 0 Å². The summed E-state index contributed by atoms with van der Waals surface area (Å²) in [6, 6.07) is 0. The molecule has 2 heterocycles. The molecule has 2 N–H and O–H groups in total. The molecule has 17 heavy (non-hydrogen) atoms. The summed E-state index contributed by atoms with van der Waals surface area (Å²) >= 11 is 1.95. The predicted molar refractivity (Wildman–Crippen MR) is 67.8 cm³/mol. The van der Waals surface area contributed by atoms with E-state index in [9.17, 15) is 0 Å². The topological polar surface area (TPSA) is 64.9 Å². The Morgan fingerprint density at radius 3 is 2.88 bits per heavy atom. The summed E-state index contributed by atoms with van der Waals surface area (Å²) in [5.41, 5.74) is 6.12. The second-order valence-electron chi connectivity index (χ2n) is 5.29. The molecule has 0 spiro atoms. The molecule has 1 unspecified atom stereocenters. The minimum atomic E-state index is -0.0660. The normalized spacial score (nSPS) is 27.7. The fourth-order valence-corrected chi connectivity index (χ4v) is 3.76. The molecule has 1 aromatic rings. The van der Waals surface area contributed by atoms with Gasteiger partial charge in [-0.2, -0.15) is 16.7 Å². The lowest BCUT2D eigenvalue weighted by Crippen LogP contribution is -2.48. The van der Waals surface area contributed by atoms with Gasteiger partial charge in [-0.25, -0.2) is 0 Å². The molecule has 3 rings (SSSR count). The van der Waals surface area contributed by atoms with Gasteiger partial charge in [0.05, 0.1) is 5.25 Å². The van der Waals surface area contributed by atoms with E-state index in [4.69, 9.17) is 10.3 Å². The lowest BCUT2D eigenvalue weighted by atomic mass is 9.75. The maximum atomic E-state index is 6.19. The first-order valence-corrected chi connectivity index (χ1v) is 7.53. The third-order valence-corrected chi connectivity index (χ3v) is 5.18. The van der Waals surface area contributed by atoms with Crippen LogP contribution in [0.15, 0.2) is 4.52 Å². The van der Waals surface area contributed by atoms with Gasteiger partial charge in [-0.05, 0) is 37.9 Å². The number of hydrogen-bond donors (Lipinski definition) is 1. The summed E-state index contributed by atoms with van der Waals surface area (Å²) in [7, 11) is 0. The van der Waals surface area contributed by atoms with Crippen LogP contribution in [0.25, 0.3) is 0 Å². The molecular weight excluding hydrogens is 234 g/mol. The van der Waals surface area contributed by atoms with E-state index in [1.807, 2.05) is 11.8 Å². The van der Waals surface area contributed by atoms with Crippen molar-refractivity contribution in [3.05, 3.63) is 11.7 Å². The van der Waals surface area contributed by atoms with Gasteiger partial charge in [0, 0.05) is 12.0 Å². The first-order chi connectivity index (χ1) is 8.25. The average molecular weight is 253 g/mol. The van der Waals surface area contributed by atoms with Crippen molar-refractivity contribution in [1.82, 2.24) is 10.1 Å². The molecule has 1 saturated carbocycles. The molecule has 4 nitrogen and oxygen atoms in total. The molecule has 5 heteroatoms. The Hall–Kier alpha value is -0.550. The molecule has 0 amide bonds. The summed E-state index contributed by atoms with van der Waals surface area (Å²) in [5, 5.41) is 4.56. The highest BCUT2D eigenvalue weighted by Crippen LogP contribution is 2.37. The van der Waals surface area contributed by atoms with Gasteiger partial charge in [0.25, 0.3) is 0 Å². The van der Waals surface area contributed by atoms with E-state index in [-0.39, 0.29) is 5.54 Å². The molecule has 1 aromatic heterocycles. The number of rotatable bonds is 3. The maximum absolute atomic E-state index is 6.19. The molecule has 2 fully saturated rings. The van der Waals surface area contributed by atoms with E-state index >= 15 is 0 Å². The lowest BCUT2D eigenvalue weighted by molar-refractivity contribution is 0.221. The maximum Gasteiger partial charge on any atom is 0.228 e. The SMILES string of the molecule is NC1(Cc2nc(C3CCCCS3)no2)CCC1. The zero-order valence-electron chi connectivity index (χ0n) is 10.0. The lowest BCUT2D eigenvalue weighted by Gasteiger charge is -2.36. The number of nitrogens with two attached hydrogens (primary N) is 1. The number of aromatic nitrogens is 2. The van der Waals surface area contributed by atoms with E-state index in [2.05, 4.69) is 10.1 Å². The van der Waals surface area contributed by atoms with Crippen molar-refractivity contribution in [2.24, 2.45) is 5.73 Å². The fraction of sp³-hybridized carbons (Fsp3) is 0.833. The zero-order chi connectivity index (χ0) is 11.7. The Balaban J connectivity index is 1.65. The van der Waals surface area contributed by atoms with Crippen LogP contribution in [0.4, 0.5) is 0 Å². The minimum Gasteiger partial charge on any atom is -0.339 e. The highest BCUT2D eigenvalue weighted by atomic mass is 32.2. The largest absolute Gasteiger partial charge is 0.339 e. The summed E-state index contributed by atoms with van der Waals surface area (Å²) in [6.45, 7) is 0. The highest BCUT2D eigenvalue weighted by molar-refractivity contribution is 7.99. The number of thioether (sulfide) groups is 1. The van der Waals surface area contributed by atoms with Crippen LogP contribution in [0.5, 0.6) is 0 Å². The Morgan fingerprint density at radius 1 is 1.35 bits per heavy atom. The molecule has 1 aliphatic carbocycles. The van der Waals surface area contributed by atoms with Gasteiger partial charge in [0.15, 0.2) is 5.82 Å². The summed E-state index contributed by atoms with van der Waals surface area (Å²) in [4.78, 5) is 4.52. The van der Waals surface area contributed by atoms with Crippen molar-refractivity contribution in [2.45, 2.75) is 55.7 Å². The smallest absolute Gasteiger partial charge is 0.228 e. The van der Waals surface area contributed by atoms with Crippen LogP contribution in [0.3, 0.4) is 0 Å². The third kappa shape index (κ3) is 2.50. The van der Waals surface area contributed by atoms with Gasteiger partial charge in [-0.1, -0.05) is 11.6 Å². The summed E-state index contributed by atoms with van der Waals surface area (Å²) < 4.78 is 5.34. The van der Waals surface area contributed by atoms with Gasteiger partial charge in [-0.15, -0.1) is 0 Å². The molecule has 0 radical (unpaired) electrons. The molecule has 0 aromatic carbocycles. The van der Waals surface area contributed by atoms with Crippen LogP contribution >= 0.6 is 11.8 Å². The second-order valence-corrected chi connectivity index (χ2v) is 6.60. The van der Waals surface area contributed by atoms with E-state index in [1.165, 1.54) is 31.4 Å². The van der Waals surface area contributed by atoms with E-state index < -0.39 is 0 Å². The molecule has 0 bridgehead atoms. The molecule has 1 atom stereocenters. The Kier molecular flexibility index (Phi) is 3.13. The van der Waals surface area contributed by atoms with Crippen molar-refractivity contribution >= 4 is 11.8 Å². The third-order valence-electron chi connectivity index (χ3n) is 3.80. The first-order valence-electron chi connectivity index (χ1n) is 6.48. The van der Waals surface area contributed by atoms with Crippen molar-refractivity contribution in [2.75, 3.05) is 5.75 Å². The van der Waals surface area contributed by atoms with Crippen molar-refractivity contribution in [1.29, 1.82) is 0 Å². The average Bonchev–Trinajstić information content (AvgIpc) is 2.77. The molecule has 1 aliphatic heterocycles. The highest BCUT2D eigenvalue weighted by Gasteiger charge is 2.35. The van der Waals surface area contributed by atoms with Crippen LogP contribution in [0.2, 0.25) is 0 Å². The zero-order valence-corrected chi connectivity index (χ0v) is 10.8. The second kappa shape index (κ2) is 4.61. The predicted octanol–water partition coefficient (Wildman–Crippen LogP) is 2.45. The molecule has 2 aliphatic rings. The van der Waals surface area contributed by atoms with Gasteiger partial charge in [0.2, 0.25) is 5.89 Å². The van der Waals surface area contributed by atoms with Crippen LogP contribution < -0.4 is 5.73 Å². The quantitative estimate of drug-likeness (QED) is 0.896.